The van der Waals surface area contributed by atoms with Gasteiger partial charge in [-0.15, -0.1) is 12.6 Å². The average molecular weight is 302 g/mol. The Morgan fingerprint density at radius 1 is 1.56 bits per heavy atom. The smallest absolute Gasteiger partial charge is 0.255 e. The van der Waals surface area contributed by atoms with Crippen LogP contribution in [0.4, 0.5) is 0 Å². The van der Waals surface area contributed by atoms with Crippen LogP contribution in [-0.2, 0) is 0 Å². The Labute approximate surface area is 108 Å². The molecular weight excluding hydrogens is 290 g/mol. The monoisotopic (exact) mass is 301 g/mol. The van der Waals surface area contributed by atoms with Crippen molar-refractivity contribution in [2.45, 2.75) is 17.4 Å². The molecule has 1 saturated heterocycles. The number of aliphatic hydroxyl groups excluding tert-OH is 1. The summed E-state index contributed by atoms with van der Waals surface area (Å²) in [5.74, 6) is -0.0562. The summed E-state index contributed by atoms with van der Waals surface area (Å²) < 4.78 is 0.761. The highest BCUT2D eigenvalue weighted by molar-refractivity contribution is 9.10. The van der Waals surface area contributed by atoms with Gasteiger partial charge in [0.1, 0.15) is 0 Å². The second kappa shape index (κ2) is 4.77. The summed E-state index contributed by atoms with van der Waals surface area (Å²) >= 11 is 7.56. The van der Waals surface area contributed by atoms with E-state index in [0.717, 1.165) is 9.37 Å². The number of carbonyl (C=O) groups is 1. The molecule has 1 fully saturated rings. The summed E-state index contributed by atoms with van der Waals surface area (Å²) in [6.45, 7) is 1.03. The molecule has 0 aliphatic carbocycles. The minimum absolute atomic E-state index is 0.0562. The Morgan fingerprint density at radius 2 is 2.31 bits per heavy atom. The molecule has 0 spiro atoms. The summed E-state index contributed by atoms with van der Waals surface area (Å²) in [5, 5.41) is 9.40. The summed E-state index contributed by atoms with van der Waals surface area (Å²) in [7, 11) is 0. The van der Waals surface area contributed by atoms with Gasteiger partial charge < -0.3 is 10.0 Å². The van der Waals surface area contributed by atoms with Crippen molar-refractivity contribution >= 4 is 34.5 Å². The highest BCUT2D eigenvalue weighted by Gasteiger charge is 2.26. The largest absolute Gasteiger partial charge is 0.391 e. The molecule has 1 unspecified atom stereocenters. The minimum Gasteiger partial charge on any atom is -0.391 e. The number of aliphatic hydroxyl groups is 1. The normalized spacial score (nSPS) is 20.2. The molecule has 1 amide bonds. The quantitative estimate of drug-likeness (QED) is 0.779. The Hall–Kier alpha value is -0.520. The predicted octanol–water partition coefficient (Wildman–Crippen LogP) is 1.94. The van der Waals surface area contributed by atoms with E-state index in [-0.39, 0.29) is 12.0 Å². The first kappa shape index (κ1) is 12.0. The van der Waals surface area contributed by atoms with E-state index in [1.807, 2.05) is 12.1 Å². The van der Waals surface area contributed by atoms with Crippen LogP contribution in [0.25, 0.3) is 0 Å². The van der Waals surface area contributed by atoms with Crippen molar-refractivity contribution in [1.29, 1.82) is 0 Å². The fourth-order valence-electron chi connectivity index (χ4n) is 1.77. The van der Waals surface area contributed by atoms with Crippen LogP contribution in [0.3, 0.4) is 0 Å². The number of hydrogen-bond acceptors (Lipinski definition) is 3. The van der Waals surface area contributed by atoms with Gasteiger partial charge in [0, 0.05) is 22.5 Å². The van der Waals surface area contributed by atoms with Crippen LogP contribution in [0.15, 0.2) is 27.6 Å². The Morgan fingerprint density at radius 3 is 2.94 bits per heavy atom. The number of nitrogens with zero attached hydrogens (tertiary/aromatic N) is 1. The maximum Gasteiger partial charge on any atom is 0.255 e. The molecule has 5 heteroatoms. The zero-order chi connectivity index (χ0) is 11.7. The molecule has 2 rings (SSSR count). The molecule has 1 aromatic rings. The van der Waals surface area contributed by atoms with Gasteiger partial charge >= 0.3 is 0 Å². The van der Waals surface area contributed by atoms with Gasteiger partial charge in [-0.2, -0.15) is 0 Å². The number of rotatable bonds is 1. The van der Waals surface area contributed by atoms with E-state index in [2.05, 4.69) is 28.6 Å². The summed E-state index contributed by atoms with van der Waals surface area (Å²) in [6, 6.07) is 5.37. The molecular formula is C11H12BrNO2S. The number of hydrogen-bond donors (Lipinski definition) is 2. The van der Waals surface area contributed by atoms with Crippen LogP contribution >= 0.6 is 28.6 Å². The Kier molecular flexibility index (Phi) is 3.56. The lowest BCUT2D eigenvalue weighted by Gasteiger charge is -2.16. The van der Waals surface area contributed by atoms with Crippen LogP contribution in [0.2, 0.25) is 0 Å². The zero-order valence-corrected chi connectivity index (χ0v) is 11.0. The first-order valence-corrected chi connectivity index (χ1v) is 6.28. The molecule has 1 atom stereocenters. The highest BCUT2D eigenvalue weighted by Crippen LogP contribution is 2.23. The molecule has 0 radical (unpaired) electrons. The molecule has 1 aromatic carbocycles. The summed E-state index contributed by atoms with van der Waals surface area (Å²) in [4.78, 5) is 14.5. The van der Waals surface area contributed by atoms with Gasteiger partial charge in [0.25, 0.3) is 5.91 Å². The predicted molar refractivity (Wildman–Crippen MR) is 67.9 cm³/mol. The maximum atomic E-state index is 12.1. The molecule has 0 aromatic heterocycles. The topological polar surface area (TPSA) is 40.5 Å². The van der Waals surface area contributed by atoms with E-state index in [0.29, 0.717) is 25.1 Å². The Balaban J connectivity index is 2.23. The lowest BCUT2D eigenvalue weighted by molar-refractivity contribution is 0.0764. The van der Waals surface area contributed by atoms with Gasteiger partial charge in [-0.05, 0) is 40.5 Å². The summed E-state index contributed by atoms with van der Waals surface area (Å²) in [5.41, 5.74) is 0.599. The van der Waals surface area contributed by atoms with E-state index in [1.165, 1.54) is 0 Å². The third kappa shape index (κ3) is 2.42. The van der Waals surface area contributed by atoms with Crippen molar-refractivity contribution in [2.24, 2.45) is 0 Å². The van der Waals surface area contributed by atoms with E-state index < -0.39 is 0 Å². The SMILES string of the molecule is O=C(c1cc(S)ccc1Br)N1CCC(O)C1. The molecule has 86 valence electrons. The van der Waals surface area contributed by atoms with Crippen molar-refractivity contribution in [1.82, 2.24) is 4.90 Å². The number of benzene rings is 1. The van der Waals surface area contributed by atoms with E-state index in [9.17, 15) is 9.90 Å². The number of likely N-dealkylation sites (tertiary alicyclic amines) is 1. The van der Waals surface area contributed by atoms with Crippen LogP contribution < -0.4 is 0 Å². The number of halogens is 1. The second-order valence-corrected chi connectivity index (χ2v) is 5.23. The number of amides is 1. The molecule has 1 aliphatic rings. The molecule has 1 N–H and O–H groups in total. The van der Waals surface area contributed by atoms with E-state index in [1.54, 1.807) is 11.0 Å². The van der Waals surface area contributed by atoms with Gasteiger partial charge in [-0.25, -0.2) is 0 Å². The third-order valence-corrected chi connectivity index (χ3v) is 3.60. The minimum atomic E-state index is -0.387. The standard InChI is InChI=1S/C11H12BrNO2S/c12-10-2-1-8(16)5-9(10)11(15)13-4-3-7(14)6-13/h1-2,5,7,14,16H,3-4,6H2. The first-order chi connectivity index (χ1) is 7.58. The van der Waals surface area contributed by atoms with E-state index >= 15 is 0 Å². The van der Waals surface area contributed by atoms with Crippen molar-refractivity contribution in [3.63, 3.8) is 0 Å². The van der Waals surface area contributed by atoms with Crippen molar-refractivity contribution in [3.8, 4) is 0 Å². The van der Waals surface area contributed by atoms with Crippen LogP contribution in [0.1, 0.15) is 16.8 Å². The van der Waals surface area contributed by atoms with Crippen molar-refractivity contribution < 1.29 is 9.90 Å². The number of carbonyl (C=O) groups excluding carboxylic acids is 1. The van der Waals surface area contributed by atoms with Crippen molar-refractivity contribution in [2.75, 3.05) is 13.1 Å². The Bertz CT molecular complexity index is 424. The molecule has 3 nitrogen and oxygen atoms in total. The maximum absolute atomic E-state index is 12.1. The molecule has 16 heavy (non-hydrogen) atoms. The van der Waals surface area contributed by atoms with Crippen LogP contribution in [0, 0.1) is 0 Å². The number of thiol groups is 1. The van der Waals surface area contributed by atoms with Gasteiger partial charge in [0.2, 0.25) is 0 Å². The number of β-amino-alcohol motifs (C(OH)–C–C–N with tert-alkyl or cyclic N) is 1. The van der Waals surface area contributed by atoms with Crippen molar-refractivity contribution in [3.05, 3.63) is 28.2 Å². The van der Waals surface area contributed by atoms with Gasteiger partial charge in [0.05, 0.1) is 11.7 Å². The third-order valence-electron chi connectivity index (χ3n) is 2.63. The lowest BCUT2D eigenvalue weighted by Crippen LogP contribution is -2.29. The second-order valence-electron chi connectivity index (χ2n) is 3.86. The van der Waals surface area contributed by atoms with E-state index in [4.69, 9.17) is 0 Å². The first-order valence-electron chi connectivity index (χ1n) is 5.04. The average Bonchev–Trinajstić information content (AvgIpc) is 2.67. The molecule has 1 aliphatic heterocycles. The fourth-order valence-corrected chi connectivity index (χ4v) is 2.39. The van der Waals surface area contributed by atoms with Crippen LogP contribution in [-0.4, -0.2) is 35.1 Å². The summed E-state index contributed by atoms with van der Waals surface area (Å²) in [6.07, 6.45) is 0.270. The molecule has 0 saturated carbocycles. The van der Waals surface area contributed by atoms with Gasteiger partial charge in [0.15, 0.2) is 0 Å². The lowest BCUT2D eigenvalue weighted by atomic mass is 10.2. The fraction of sp³-hybridized carbons (Fsp3) is 0.364. The molecule has 1 heterocycles. The highest BCUT2D eigenvalue weighted by atomic mass is 79.9. The molecule has 0 bridgehead atoms. The zero-order valence-electron chi connectivity index (χ0n) is 8.56. The van der Waals surface area contributed by atoms with Crippen LogP contribution in [0.5, 0.6) is 0 Å². The van der Waals surface area contributed by atoms with Gasteiger partial charge in [-0.3, -0.25) is 4.79 Å². The van der Waals surface area contributed by atoms with Gasteiger partial charge in [-0.1, -0.05) is 0 Å².